The summed E-state index contributed by atoms with van der Waals surface area (Å²) in [6, 6.07) is 10.8. The molecule has 0 atom stereocenters. The van der Waals surface area contributed by atoms with Crippen LogP contribution in [0.5, 0.6) is 5.75 Å². The third-order valence-corrected chi connectivity index (χ3v) is 4.61. The number of carbonyl (C=O) groups excluding carboxylic acids is 2. The quantitative estimate of drug-likeness (QED) is 0.618. The van der Waals surface area contributed by atoms with Crippen LogP contribution in [0.1, 0.15) is 48.2 Å². The van der Waals surface area contributed by atoms with E-state index in [0.29, 0.717) is 29.5 Å². The van der Waals surface area contributed by atoms with Crippen molar-refractivity contribution in [1.29, 1.82) is 0 Å². The Morgan fingerprint density at radius 2 is 1.89 bits per heavy atom. The summed E-state index contributed by atoms with van der Waals surface area (Å²) in [4.78, 5) is 24.0. The molecule has 2 rings (SSSR count). The number of hydrogen-bond acceptors (Lipinski definition) is 4. The molecule has 0 bridgehead atoms. The fourth-order valence-electron chi connectivity index (χ4n) is 2.47. The standard InChI is InChI=1S/C21H24BrNO4/c1-5-26-21(25)16-6-8-18(14(4)10-16)23-20(24)12-27-19-9-7-15(13(2)3)11-17(19)22/h6-11,13H,5,12H2,1-4H3,(H,23,24). The van der Waals surface area contributed by atoms with Gasteiger partial charge in [0.15, 0.2) is 6.61 Å². The largest absolute Gasteiger partial charge is 0.483 e. The topological polar surface area (TPSA) is 64.6 Å². The van der Waals surface area contributed by atoms with Crippen LogP contribution in [-0.2, 0) is 9.53 Å². The Hall–Kier alpha value is -2.34. The van der Waals surface area contributed by atoms with E-state index in [1.54, 1.807) is 25.1 Å². The second-order valence-electron chi connectivity index (χ2n) is 6.43. The first-order chi connectivity index (χ1) is 12.8. The summed E-state index contributed by atoms with van der Waals surface area (Å²) in [7, 11) is 0. The van der Waals surface area contributed by atoms with E-state index in [0.717, 1.165) is 10.0 Å². The lowest BCUT2D eigenvalue weighted by Crippen LogP contribution is -2.21. The van der Waals surface area contributed by atoms with E-state index < -0.39 is 0 Å². The molecule has 2 aromatic carbocycles. The summed E-state index contributed by atoms with van der Waals surface area (Å²) in [5.74, 6) is 0.376. The van der Waals surface area contributed by atoms with Gasteiger partial charge in [-0.2, -0.15) is 0 Å². The number of amides is 1. The highest BCUT2D eigenvalue weighted by Crippen LogP contribution is 2.29. The van der Waals surface area contributed by atoms with Crippen LogP contribution in [0.3, 0.4) is 0 Å². The Morgan fingerprint density at radius 1 is 1.15 bits per heavy atom. The second-order valence-corrected chi connectivity index (χ2v) is 7.29. The zero-order valence-electron chi connectivity index (χ0n) is 16.0. The summed E-state index contributed by atoms with van der Waals surface area (Å²) in [5, 5.41) is 2.80. The maximum absolute atomic E-state index is 12.2. The molecule has 0 aliphatic heterocycles. The molecular formula is C21H24BrNO4. The van der Waals surface area contributed by atoms with Crippen molar-refractivity contribution in [2.45, 2.75) is 33.6 Å². The highest BCUT2D eigenvalue weighted by atomic mass is 79.9. The smallest absolute Gasteiger partial charge is 0.338 e. The van der Waals surface area contributed by atoms with E-state index >= 15 is 0 Å². The van der Waals surface area contributed by atoms with Gasteiger partial charge >= 0.3 is 5.97 Å². The van der Waals surface area contributed by atoms with E-state index in [-0.39, 0.29) is 18.5 Å². The van der Waals surface area contributed by atoms with Crippen molar-refractivity contribution in [3.8, 4) is 5.75 Å². The second kappa shape index (κ2) is 9.55. The van der Waals surface area contributed by atoms with Crippen LogP contribution in [0.2, 0.25) is 0 Å². The van der Waals surface area contributed by atoms with Crippen molar-refractivity contribution in [1.82, 2.24) is 0 Å². The van der Waals surface area contributed by atoms with Crippen molar-refractivity contribution >= 4 is 33.5 Å². The van der Waals surface area contributed by atoms with Gasteiger partial charge in [-0.1, -0.05) is 19.9 Å². The molecule has 0 saturated heterocycles. The molecule has 1 amide bonds. The first kappa shape index (κ1) is 21.0. The summed E-state index contributed by atoms with van der Waals surface area (Å²) >= 11 is 3.48. The van der Waals surface area contributed by atoms with Crippen LogP contribution in [-0.4, -0.2) is 25.1 Å². The molecule has 0 unspecified atom stereocenters. The lowest BCUT2D eigenvalue weighted by Gasteiger charge is -2.13. The van der Waals surface area contributed by atoms with Crippen molar-refractivity contribution in [3.05, 3.63) is 57.6 Å². The van der Waals surface area contributed by atoms with Gasteiger partial charge in [0.1, 0.15) is 5.75 Å². The zero-order chi connectivity index (χ0) is 20.0. The number of hydrogen-bond donors (Lipinski definition) is 1. The summed E-state index contributed by atoms with van der Waals surface area (Å²) in [6.07, 6.45) is 0. The number of nitrogens with one attached hydrogen (secondary N) is 1. The normalized spacial score (nSPS) is 10.6. The highest BCUT2D eigenvalue weighted by Gasteiger charge is 2.12. The van der Waals surface area contributed by atoms with E-state index in [2.05, 4.69) is 35.1 Å². The third-order valence-electron chi connectivity index (χ3n) is 3.99. The van der Waals surface area contributed by atoms with Crippen LogP contribution < -0.4 is 10.1 Å². The number of carbonyl (C=O) groups is 2. The first-order valence-electron chi connectivity index (χ1n) is 8.81. The fourth-order valence-corrected chi connectivity index (χ4v) is 2.98. The summed E-state index contributed by atoms with van der Waals surface area (Å²) < 4.78 is 11.4. The first-order valence-corrected chi connectivity index (χ1v) is 9.61. The number of aryl methyl sites for hydroxylation is 1. The van der Waals surface area contributed by atoms with Gasteiger partial charge in [-0.3, -0.25) is 4.79 Å². The molecule has 0 aliphatic rings. The number of halogens is 1. The lowest BCUT2D eigenvalue weighted by atomic mass is 10.0. The predicted molar refractivity (Wildman–Crippen MR) is 109 cm³/mol. The van der Waals surface area contributed by atoms with Crippen LogP contribution in [0, 0.1) is 6.92 Å². The van der Waals surface area contributed by atoms with Gasteiger partial charge in [0.25, 0.3) is 5.91 Å². The maximum Gasteiger partial charge on any atom is 0.338 e. The molecule has 0 aliphatic carbocycles. The van der Waals surface area contributed by atoms with Gasteiger partial charge in [0.05, 0.1) is 16.6 Å². The molecule has 27 heavy (non-hydrogen) atoms. The monoisotopic (exact) mass is 433 g/mol. The van der Waals surface area contributed by atoms with Gasteiger partial charge in [-0.05, 0) is 77.2 Å². The lowest BCUT2D eigenvalue weighted by molar-refractivity contribution is -0.118. The van der Waals surface area contributed by atoms with Crippen molar-refractivity contribution in [2.24, 2.45) is 0 Å². The Bertz CT molecular complexity index is 833. The maximum atomic E-state index is 12.2. The summed E-state index contributed by atoms with van der Waals surface area (Å²) in [5.41, 5.74) is 3.05. The molecule has 0 spiro atoms. The fraction of sp³-hybridized carbons (Fsp3) is 0.333. The molecule has 1 N–H and O–H groups in total. The van der Waals surface area contributed by atoms with E-state index in [4.69, 9.17) is 9.47 Å². The van der Waals surface area contributed by atoms with Crippen LogP contribution in [0.25, 0.3) is 0 Å². The molecule has 0 aromatic heterocycles. The number of esters is 1. The Morgan fingerprint density at radius 3 is 2.48 bits per heavy atom. The third kappa shape index (κ3) is 5.82. The van der Waals surface area contributed by atoms with Gasteiger partial charge in [-0.15, -0.1) is 0 Å². The van der Waals surface area contributed by atoms with Crippen LogP contribution >= 0.6 is 15.9 Å². The Labute approximate surface area is 168 Å². The molecule has 5 nitrogen and oxygen atoms in total. The van der Waals surface area contributed by atoms with Crippen molar-refractivity contribution in [3.63, 3.8) is 0 Å². The minimum Gasteiger partial charge on any atom is -0.483 e. The van der Waals surface area contributed by atoms with E-state index in [9.17, 15) is 9.59 Å². The molecule has 0 heterocycles. The number of benzene rings is 2. The molecule has 6 heteroatoms. The molecule has 0 radical (unpaired) electrons. The van der Waals surface area contributed by atoms with E-state index in [1.807, 2.05) is 25.1 Å². The zero-order valence-corrected chi connectivity index (χ0v) is 17.6. The van der Waals surface area contributed by atoms with Gasteiger partial charge < -0.3 is 14.8 Å². The molecule has 2 aromatic rings. The molecule has 144 valence electrons. The van der Waals surface area contributed by atoms with Gasteiger partial charge in [0, 0.05) is 5.69 Å². The SMILES string of the molecule is CCOC(=O)c1ccc(NC(=O)COc2ccc(C(C)C)cc2Br)c(C)c1. The molecule has 0 fully saturated rings. The van der Waals surface area contributed by atoms with Gasteiger partial charge in [-0.25, -0.2) is 4.79 Å². The number of ether oxygens (including phenoxy) is 2. The number of rotatable bonds is 7. The predicted octanol–water partition coefficient (Wildman–Crippen LogP) is 5.08. The molecular weight excluding hydrogens is 410 g/mol. The van der Waals surface area contributed by atoms with Gasteiger partial charge in [0.2, 0.25) is 0 Å². The van der Waals surface area contributed by atoms with Crippen molar-refractivity contribution < 1.29 is 19.1 Å². The van der Waals surface area contributed by atoms with Crippen LogP contribution in [0.15, 0.2) is 40.9 Å². The van der Waals surface area contributed by atoms with E-state index in [1.165, 1.54) is 5.56 Å². The highest BCUT2D eigenvalue weighted by molar-refractivity contribution is 9.10. The average Bonchev–Trinajstić information content (AvgIpc) is 2.62. The van der Waals surface area contributed by atoms with Crippen molar-refractivity contribution in [2.75, 3.05) is 18.5 Å². The minimum atomic E-state index is -0.378. The average molecular weight is 434 g/mol. The number of anilines is 1. The molecule has 0 saturated carbocycles. The Kier molecular flexibility index (Phi) is 7.42. The minimum absolute atomic E-state index is 0.112. The summed E-state index contributed by atoms with van der Waals surface area (Å²) in [6.45, 7) is 8.02. The van der Waals surface area contributed by atoms with Crippen LogP contribution in [0.4, 0.5) is 5.69 Å². The Balaban J connectivity index is 1.97.